The molecule has 6 heteroatoms. The van der Waals surface area contributed by atoms with Gasteiger partial charge in [-0.1, -0.05) is 17.7 Å². The van der Waals surface area contributed by atoms with Crippen LogP contribution in [0.15, 0.2) is 18.2 Å². The molecule has 1 N–H and O–H groups in total. The highest BCUT2D eigenvalue weighted by molar-refractivity contribution is 6.33. The fourth-order valence-electron chi connectivity index (χ4n) is 1.78. The highest BCUT2D eigenvalue weighted by atomic mass is 35.5. The maximum absolute atomic E-state index is 10.9. The number of rotatable bonds is 7. The minimum absolute atomic E-state index is 0.0205. The monoisotopic (exact) mass is 272 g/mol. The molecule has 0 aliphatic carbocycles. The van der Waals surface area contributed by atoms with E-state index in [1.807, 2.05) is 0 Å². The Labute approximate surface area is 111 Å². The van der Waals surface area contributed by atoms with Gasteiger partial charge in [-0.2, -0.15) is 0 Å². The number of nitrogens with zero attached hydrogens (tertiary/aromatic N) is 2. The van der Waals surface area contributed by atoms with E-state index >= 15 is 0 Å². The van der Waals surface area contributed by atoms with Crippen molar-refractivity contribution in [1.82, 2.24) is 0 Å². The van der Waals surface area contributed by atoms with Gasteiger partial charge in [0, 0.05) is 26.3 Å². The number of unbranched alkanes of at least 4 members (excludes halogenated alkanes) is 2. The van der Waals surface area contributed by atoms with Crippen LogP contribution in [-0.4, -0.2) is 30.2 Å². The number of aliphatic hydroxyl groups excluding tert-OH is 1. The first-order valence-electron chi connectivity index (χ1n) is 5.83. The summed E-state index contributed by atoms with van der Waals surface area (Å²) in [6.45, 7) is 0.848. The van der Waals surface area contributed by atoms with Crippen LogP contribution in [0.2, 0.25) is 5.02 Å². The Bertz CT molecular complexity index is 412. The molecule has 1 aromatic carbocycles. The zero-order valence-corrected chi connectivity index (χ0v) is 11.1. The molecule has 0 saturated heterocycles. The van der Waals surface area contributed by atoms with Crippen LogP contribution in [0.3, 0.4) is 0 Å². The second-order valence-corrected chi connectivity index (χ2v) is 4.48. The van der Waals surface area contributed by atoms with Crippen molar-refractivity contribution in [2.24, 2.45) is 0 Å². The van der Waals surface area contributed by atoms with Crippen molar-refractivity contribution >= 4 is 23.0 Å². The van der Waals surface area contributed by atoms with Crippen molar-refractivity contribution in [1.29, 1.82) is 0 Å². The lowest BCUT2D eigenvalue weighted by molar-refractivity contribution is -0.384. The van der Waals surface area contributed by atoms with E-state index < -0.39 is 4.92 Å². The molecule has 0 bridgehead atoms. The van der Waals surface area contributed by atoms with Crippen LogP contribution in [0.25, 0.3) is 0 Å². The fraction of sp³-hybridized carbons (Fsp3) is 0.500. The molecule has 0 aromatic heterocycles. The van der Waals surface area contributed by atoms with Gasteiger partial charge in [0.05, 0.1) is 9.95 Å². The Morgan fingerprint density at radius 1 is 1.39 bits per heavy atom. The number of para-hydroxylation sites is 1. The second-order valence-electron chi connectivity index (χ2n) is 4.07. The highest BCUT2D eigenvalue weighted by Crippen LogP contribution is 2.34. The van der Waals surface area contributed by atoms with Gasteiger partial charge >= 0.3 is 0 Å². The van der Waals surface area contributed by atoms with Crippen molar-refractivity contribution in [3.63, 3.8) is 0 Å². The minimum atomic E-state index is -0.425. The number of benzene rings is 1. The Kier molecular flexibility index (Phi) is 5.88. The quantitative estimate of drug-likeness (QED) is 0.471. The summed E-state index contributed by atoms with van der Waals surface area (Å²) in [6.07, 6.45) is 2.50. The van der Waals surface area contributed by atoms with E-state index in [1.165, 1.54) is 6.07 Å². The van der Waals surface area contributed by atoms with E-state index in [1.54, 1.807) is 24.1 Å². The highest BCUT2D eigenvalue weighted by Gasteiger charge is 2.19. The standard InChI is InChI=1S/C12H17ClN2O3/c1-14(8-3-2-4-9-16)12-10(13)6-5-7-11(12)15(17)18/h5-7,16H,2-4,8-9H2,1H3. The summed E-state index contributed by atoms with van der Waals surface area (Å²) in [5, 5.41) is 20.0. The number of nitro groups is 1. The van der Waals surface area contributed by atoms with Crippen molar-refractivity contribution in [2.75, 3.05) is 25.1 Å². The third-order valence-electron chi connectivity index (χ3n) is 2.70. The van der Waals surface area contributed by atoms with Crippen LogP contribution < -0.4 is 4.90 Å². The molecule has 0 aliphatic heterocycles. The summed E-state index contributed by atoms with van der Waals surface area (Å²) in [5.41, 5.74) is 0.473. The number of hydrogen-bond donors (Lipinski definition) is 1. The maximum atomic E-state index is 10.9. The molecule has 1 aromatic rings. The predicted octanol–water partition coefficient (Wildman–Crippen LogP) is 2.85. The molecule has 0 atom stereocenters. The Balaban J connectivity index is 2.77. The van der Waals surface area contributed by atoms with Gasteiger partial charge < -0.3 is 10.0 Å². The normalized spacial score (nSPS) is 10.4. The summed E-state index contributed by atoms with van der Waals surface area (Å²) in [5.74, 6) is 0. The second kappa shape index (κ2) is 7.18. The molecule has 0 amide bonds. The van der Waals surface area contributed by atoms with Crippen LogP contribution in [-0.2, 0) is 0 Å². The van der Waals surface area contributed by atoms with Gasteiger partial charge in [-0.25, -0.2) is 0 Å². The SMILES string of the molecule is CN(CCCCCO)c1c(Cl)cccc1[N+](=O)[O-]. The van der Waals surface area contributed by atoms with Crippen molar-refractivity contribution in [3.8, 4) is 0 Å². The molecular weight excluding hydrogens is 256 g/mol. The molecule has 0 unspecified atom stereocenters. The molecule has 0 radical (unpaired) electrons. The van der Waals surface area contributed by atoms with E-state index in [-0.39, 0.29) is 12.3 Å². The third-order valence-corrected chi connectivity index (χ3v) is 3.00. The molecule has 0 aliphatic rings. The van der Waals surface area contributed by atoms with E-state index in [0.29, 0.717) is 17.3 Å². The van der Waals surface area contributed by atoms with E-state index in [2.05, 4.69) is 0 Å². The van der Waals surface area contributed by atoms with Crippen LogP contribution >= 0.6 is 11.6 Å². The fourth-order valence-corrected chi connectivity index (χ4v) is 2.09. The van der Waals surface area contributed by atoms with E-state index in [0.717, 1.165) is 19.3 Å². The van der Waals surface area contributed by atoms with Crippen molar-refractivity contribution in [3.05, 3.63) is 33.3 Å². The van der Waals surface area contributed by atoms with Crippen LogP contribution in [0, 0.1) is 10.1 Å². The number of aliphatic hydroxyl groups is 1. The zero-order chi connectivity index (χ0) is 13.5. The van der Waals surface area contributed by atoms with Gasteiger partial charge in [-0.3, -0.25) is 10.1 Å². The Hall–Kier alpha value is -1.33. The smallest absolute Gasteiger partial charge is 0.294 e. The van der Waals surface area contributed by atoms with Gasteiger partial charge in [-0.05, 0) is 25.3 Å². The summed E-state index contributed by atoms with van der Waals surface area (Å²) >= 11 is 6.02. The Morgan fingerprint density at radius 3 is 2.72 bits per heavy atom. The van der Waals surface area contributed by atoms with Gasteiger partial charge in [-0.15, -0.1) is 0 Å². The van der Waals surface area contributed by atoms with Crippen molar-refractivity contribution < 1.29 is 10.0 Å². The third kappa shape index (κ3) is 3.85. The first kappa shape index (κ1) is 14.7. The van der Waals surface area contributed by atoms with Crippen LogP contribution in [0.5, 0.6) is 0 Å². The van der Waals surface area contributed by atoms with Crippen LogP contribution in [0.1, 0.15) is 19.3 Å². The number of anilines is 1. The lowest BCUT2D eigenvalue weighted by Gasteiger charge is -2.20. The summed E-state index contributed by atoms with van der Waals surface area (Å²) in [6, 6.07) is 4.67. The number of halogens is 1. The first-order chi connectivity index (χ1) is 8.57. The van der Waals surface area contributed by atoms with Gasteiger partial charge in [0.1, 0.15) is 5.69 Å². The Morgan fingerprint density at radius 2 is 2.11 bits per heavy atom. The minimum Gasteiger partial charge on any atom is -0.396 e. The molecule has 1 rings (SSSR count). The maximum Gasteiger partial charge on any atom is 0.294 e. The molecular formula is C12H17ClN2O3. The topological polar surface area (TPSA) is 66.6 Å². The largest absolute Gasteiger partial charge is 0.396 e. The molecule has 0 heterocycles. The lowest BCUT2D eigenvalue weighted by Crippen LogP contribution is -2.20. The average molecular weight is 273 g/mol. The molecule has 100 valence electrons. The molecule has 18 heavy (non-hydrogen) atoms. The number of hydrogen-bond acceptors (Lipinski definition) is 4. The molecule has 5 nitrogen and oxygen atoms in total. The number of nitro benzene ring substituents is 1. The molecule has 0 spiro atoms. The van der Waals surface area contributed by atoms with Gasteiger partial charge in [0.2, 0.25) is 0 Å². The zero-order valence-electron chi connectivity index (χ0n) is 10.3. The van der Waals surface area contributed by atoms with Crippen molar-refractivity contribution in [2.45, 2.75) is 19.3 Å². The molecule has 0 saturated carbocycles. The summed E-state index contributed by atoms with van der Waals surface area (Å²) in [7, 11) is 1.78. The first-order valence-corrected chi connectivity index (χ1v) is 6.20. The van der Waals surface area contributed by atoms with E-state index in [4.69, 9.17) is 16.7 Å². The van der Waals surface area contributed by atoms with Gasteiger partial charge in [0.25, 0.3) is 5.69 Å². The van der Waals surface area contributed by atoms with Crippen LogP contribution in [0.4, 0.5) is 11.4 Å². The molecule has 0 fully saturated rings. The van der Waals surface area contributed by atoms with E-state index in [9.17, 15) is 10.1 Å². The summed E-state index contributed by atoms with van der Waals surface area (Å²) in [4.78, 5) is 12.3. The van der Waals surface area contributed by atoms with Gasteiger partial charge in [0.15, 0.2) is 0 Å². The predicted molar refractivity (Wildman–Crippen MR) is 72.3 cm³/mol. The lowest BCUT2D eigenvalue weighted by atomic mass is 10.2. The average Bonchev–Trinajstić information content (AvgIpc) is 2.34. The summed E-state index contributed by atoms with van der Waals surface area (Å²) < 4.78 is 0.